The number of unbranched alkanes of at least 4 members (excludes halogenated alkanes) is 32. The summed E-state index contributed by atoms with van der Waals surface area (Å²) in [7, 11) is 0. The fraction of sp³-hybridized carbons (Fsp3) is 0.732. The first-order valence-electron chi connectivity index (χ1n) is 32.7. The third kappa shape index (κ3) is 63.0. The summed E-state index contributed by atoms with van der Waals surface area (Å²) >= 11 is 0. The molecule has 0 aromatic rings. The summed E-state index contributed by atoms with van der Waals surface area (Å²) in [5.41, 5.74) is 0. The molecule has 0 saturated carbocycles. The quantitative estimate of drug-likeness (QED) is 0.0261. The summed E-state index contributed by atoms with van der Waals surface area (Å²) in [6.07, 6.45) is 87.2. The van der Waals surface area contributed by atoms with E-state index in [0.717, 1.165) is 128 Å². The van der Waals surface area contributed by atoms with Crippen LogP contribution in [0.1, 0.15) is 316 Å². The Hall–Kier alpha value is -3.67. The van der Waals surface area contributed by atoms with E-state index in [1.807, 2.05) is 0 Å². The van der Waals surface area contributed by atoms with Crippen molar-refractivity contribution in [2.75, 3.05) is 13.2 Å². The lowest BCUT2D eigenvalue weighted by Crippen LogP contribution is -2.30. The van der Waals surface area contributed by atoms with Gasteiger partial charge in [0.2, 0.25) is 0 Å². The van der Waals surface area contributed by atoms with Crippen LogP contribution in [0.15, 0.2) is 97.2 Å². The summed E-state index contributed by atoms with van der Waals surface area (Å²) in [5, 5.41) is 0. The fourth-order valence-corrected chi connectivity index (χ4v) is 9.21. The Balaban J connectivity index is 4.18. The SMILES string of the molecule is CC/C=C\C/C=C\C/C=C\C/C=C\CCCCCCCCCCCCCCCCCCCCC(=O)OCC(COC(=O)CCCCCCC/C=C\CCCCCC)OC(=O)CCCCCCC/C=C\C/C=C\C/C=C\CC. The standard InChI is InChI=1S/C71H122O6/c1-4-7-10-13-16-19-22-25-27-28-29-30-31-32-33-34-35-36-37-38-39-40-41-42-44-46-49-52-55-58-61-64-70(73)76-67-68(66-75-69(72)63-60-57-54-51-48-45-24-21-18-15-12-9-6-3)77-71(74)65-62-59-56-53-50-47-43-26-23-20-17-14-11-8-5-2/h7-8,10-11,16-17,19-21,24-27,29-30,43,68H,4-6,9,12-15,18,22-23,28,31-42,44-67H2,1-3H3/b10-7-,11-8-,19-16-,20-17-,24-21-,27-25-,30-29-,43-26-. The normalized spacial score (nSPS) is 12.7. The van der Waals surface area contributed by atoms with Crippen LogP contribution in [0.25, 0.3) is 0 Å². The lowest BCUT2D eigenvalue weighted by atomic mass is 10.0. The lowest BCUT2D eigenvalue weighted by molar-refractivity contribution is -0.167. The van der Waals surface area contributed by atoms with E-state index >= 15 is 0 Å². The molecule has 77 heavy (non-hydrogen) atoms. The van der Waals surface area contributed by atoms with Gasteiger partial charge in [-0.1, -0.05) is 279 Å². The van der Waals surface area contributed by atoms with Crippen LogP contribution in [0.4, 0.5) is 0 Å². The number of hydrogen-bond donors (Lipinski definition) is 0. The molecule has 0 aliphatic rings. The van der Waals surface area contributed by atoms with E-state index in [4.69, 9.17) is 14.2 Å². The molecule has 0 bridgehead atoms. The summed E-state index contributed by atoms with van der Waals surface area (Å²) in [4.78, 5) is 38.3. The Labute approximate surface area is 477 Å². The van der Waals surface area contributed by atoms with Crippen LogP contribution in [0.2, 0.25) is 0 Å². The molecule has 0 spiro atoms. The van der Waals surface area contributed by atoms with Crippen molar-refractivity contribution in [1.29, 1.82) is 0 Å². The average Bonchev–Trinajstić information content (AvgIpc) is 3.43. The van der Waals surface area contributed by atoms with E-state index in [-0.39, 0.29) is 31.1 Å². The fourth-order valence-electron chi connectivity index (χ4n) is 9.21. The topological polar surface area (TPSA) is 78.9 Å². The molecule has 0 saturated heterocycles. The van der Waals surface area contributed by atoms with Gasteiger partial charge in [-0.3, -0.25) is 14.4 Å². The highest BCUT2D eigenvalue weighted by Crippen LogP contribution is 2.17. The van der Waals surface area contributed by atoms with Crippen molar-refractivity contribution in [3.63, 3.8) is 0 Å². The summed E-state index contributed by atoms with van der Waals surface area (Å²) < 4.78 is 16.9. The maximum atomic E-state index is 12.9. The van der Waals surface area contributed by atoms with Gasteiger partial charge in [0.1, 0.15) is 13.2 Å². The molecule has 1 unspecified atom stereocenters. The molecule has 0 heterocycles. The predicted molar refractivity (Wildman–Crippen MR) is 334 cm³/mol. The molecule has 0 radical (unpaired) electrons. The minimum atomic E-state index is -0.789. The van der Waals surface area contributed by atoms with Crippen LogP contribution < -0.4 is 0 Å². The van der Waals surface area contributed by atoms with Crippen LogP contribution in [0.3, 0.4) is 0 Å². The highest BCUT2D eigenvalue weighted by molar-refractivity contribution is 5.71. The van der Waals surface area contributed by atoms with Crippen molar-refractivity contribution < 1.29 is 28.6 Å². The van der Waals surface area contributed by atoms with Crippen molar-refractivity contribution in [3.05, 3.63) is 97.2 Å². The van der Waals surface area contributed by atoms with Crippen LogP contribution in [-0.2, 0) is 28.6 Å². The lowest BCUT2D eigenvalue weighted by Gasteiger charge is -2.18. The summed E-state index contributed by atoms with van der Waals surface area (Å²) in [6.45, 7) is 6.40. The molecule has 442 valence electrons. The second kappa shape index (κ2) is 64.9. The van der Waals surface area contributed by atoms with Gasteiger partial charge in [-0.05, 0) is 116 Å². The largest absolute Gasteiger partial charge is 0.462 e. The molecule has 6 heteroatoms. The van der Waals surface area contributed by atoms with Gasteiger partial charge in [-0.2, -0.15) is 0 Å². The molecule has 6 nitrogen and oxygen atoms in total. The van der Waals surface area contributed by atoms with E-state index < -0.39 is 6.10 Å². The van der Waals surface area contributed by atoms with Crippen molar-refractivity contribution in [2.24, 2.45) is 0 Å². The predicted octanol–water partition coefficient (Wildman–Crippen LogP) is 22.4. The Kier molecular flexibility index (Phi) is 61.8. The van der Waals surface area contributed by atoms with Gasteiger partial charge in [0, 0.05) is 19.3 Å². The minimum absolute atomic E-state index is 0.0845. The van der Waals surface area contributed by atoms with Crippen LogP contribution in [-0.4, -0.2) is 37.2 Å². The van der Waals surface area contributed by atoms with Crippen molar-refractivity contribution >= 4 is 17.9 Å². The second-order valence-electron chi connectivity index (χ2n) is 21.6. The van der Waals surface area contributed by atoms with Crippen LogP contribution in [0, 0.1) is 0 Å². The number of allylic oxidation sites excluding steroid dienone is 16. The monoisotopic (exact) mass is 1070 g/mol. The molecule has 0 fully saturated rings. The zero-order valence-electron chi connectivity index (χ0n) is 50.7. The van der Waals surface area contributed by atoms with Gasteiger partial charge in [-0.25, -0.2) is 0 Å². The van der Waals surface area contributed by atoms with Gasteiger partial charge in [0.25, 0.3) is 0 Å². The van der Waals surface area contributed by atoms with E-state index in [1.54, 1.807) is 0 Å². The molecule has 0 N–H and O–H groups in total. The molecule has 0 amide bonds. The molecule has 1 atom stereocenters. The average molecular weight is 1070 g/mol. The van der Waals surface area contributed by atoms with Crippen molar-refractivity contribution in [3.8, 4) is 0 Å². The van der Waals surface area contributed by atoms with Crippen molar-refractivity contribution in [1.82, 2.24) is 0 Å². The highest BCUT2D eigenvalue weighted by Gasteiger charge is 2.19. The van der Waals surface area contributed by atoms with E-state index in [9.17, 15) is 14.4 Å². The molecular weight excluding hydrogens is 949 g/mol. The van der Waals surface area contributed by atoms with E-state index in [1.165, 1.54) is 148 Å². The Morgan fingerprint density at radius 2 is 0.506 bits per heavy atom. The third-order valence-electron chi connectivity index (χ3n) is 14.1. The first-order valence-corrected chi connectivity index (χ1v) is 32.7. The van der Waals surface area contributed by atoms with Gasteiger partial charge in [0.05, 0.1) is 0 Å². The number of hydrogen-bond acceptors (Lipinski definition) is 6. The Morgan fingerprint density at radius 3 is 0.805 bits per heavy atom. The maximum Gasteiger partial charge on any atom is 0.306 e. The van der Waals surface area contributed by atoms with Gasteiger partial charge in [-0.15, -0.1) is 0 Å². The molecule has 0 aliphatic carbocycles. The number of esters is 3. The third-order valence-corrected chi connectivity index (χ3v) is 14.1. The molecule has 0 aliphatic heterocycles. The summed E-state index contributed by atoms with van der Waals surface area (Å²) in [5.74, 6) is -0.900. The van der Waals surface area contributed by atoms with Crippen LogP contribution in [0.5, 0.6) is 0 Å². The number of rotatable bonds is 59. The molecule has 0 aromatic heterocycles. The Bertz CT molecular complexity index is 1510. The smallest absolute Gasteiger partial charge is 0.306 e. The Morgan fingerprint density at radius 1 is 0.273 bits per heavy atom. The second-order valence-corrected chi connectivity index (χ2v) is 21.6. The van der Waals surface area contributed by atoms with Crippen molar-refractivity contribution in [2.45, 2.75) is 322 Å². The van der Waals surface area contributed by atoms with Gasteiger partial charge >= 0.3 is 17.9 Å². The summed E-state index contributed by atoms with van der Waals surface area (Å²) in [6, 6.07) is 0. The number of carbonyl (C=O) groups is 3. The van der Waals surface area contributed by atoms with E-state index in [2.05, 4.69) is 118 Å². The highest BCUT2D eigenvalue weighted by atomic mass is 16.6. The molecular formula is C71H122O6. The maximum absolute atomic E-state index is 12.9. The van der Waals surface area contributed by atoms with Crippen LogP contribution >= 0.6 is 0 Å². The number of carbonyl (C=O) groups excluding carboxylic acids is 3. The zero-order valence-corrected chi connectivity index (χ0v) is 50.7. The zero-order chi connectivity index (χ0) is 55.7. The first-order chi connectivity index (χ1) is 38.0. The molecule has 0 aromatic carbocycles. The number of ether oxygens (including phenoxy) is 3. The molecule has 0 rings (SSSR count). The first kappa shape index (κ1) is 73.3. The van der Waals surface area contributed by atoms with Gasteiger partial charge in [0.15, 0.2) is 6.10 Å². The van der Waals surface area contributed by atoms with Gasteiger partial charge < -0.3 is 14.2 Å². The van der Waals surface area contributed by atoms with E-state index in [0.29, 0.717) is 19.3 Å². The minimum Gasteiger partial charge on any atom is -0.462 e.